The van der Waals surface area contributed by atoms with Gasteiger partial charge in [-0.15, -0.1) is 11.3 Å². The van der Waals surface area contributed by atoms with Gasteiger partial charge < -0.3 is 4.90 Å². The number of benzene rings is 1. The molecule has 4 rings (SSSR count). The maximum atomic E-state index is 13.4. The number of thiazole rings is 1. The molecule has 116 valence electrons. The summed E-state index contributed by atoms with van der Waals surface area (Å²) in [6, 6.07) is 8.10. The van der Waals surface area contributed by atoms with Crippen molar-refractivity contribution in [2.75, 3.05) is 6.54 Å². The summed E-state index contributed by atoms with van der Waals surface area (Å²) in [5.74, 6) is -0.333. The highest BCUT2D eigenvalue weighted by Crippen LogP contribution is 2.32. The van der Waals surface area contributed by atoms with Crippen molar-refractivity contribution >= 4 is 17.2 Å². The van der Waals surface area contributed by atoms with E-state index in [-0.39, 0.29) is 11.7 Å². The molecule has 0 fully saturated rings. The molecule has 0 bridgehead atoms. The van der Waals surface area contributed by atoms with E-state index in [1.807, 2.05) is 6.07 Å². The van der Waals surface area contributed by atoms with Gasteiger partial charge in [0.15, 0.2) is 0 Å². The first-order valence-corrected chi connectivity index (χ1v) is 8.05. The number of aromatic nitrogens is 3. The number of aromatic amines is 1. The summed E-state index contributed by atoms with van der Waals surface area (Å²) in [5.41, 5.74) is 2.27. The van der Waals surface area contributed by atoms with E-state index in [0.29, 0.717) is 25.2 Å². The van der Waals surface area contributed by atoms with Crippen molar-refractivity contribution in [3.8, 4) is 10.6 Å². The molecule has 3 heterocycles. The number of nitrogens with one attached hydrogen (secondary N) is 1. The zero-order chi connectivity index (χ0) is 15.8. The number of H-pyrrole nitrogens is 1. The highest BCUT2D eigenvalue weighted by atomic mass is 32.1. The monoisotopic (exact) mass is 328 g/mol. The molecule has 1 N–H and O–H groups in total. The lowest BCUT2D eigenvalue weighted by atomic mass is 10.1. The molecule has 2 aromatic heterocycles. The fraction of sp³-hybridized carbons (Fsp3) is 0.188. The smallest absolute Gasteiger partial charge is 0.272 e. The molecule has 23 heavy (non-hydrogen) atoms. The highest BCUT2D eigenvalue weighted by molar-refractivity contribution is 7.15. The molecule has 1 aliphatic heterocycles. The van der Waals surface area contributed by atoms with Gasteiger partial charge >= 0.3 is 0 Å². The molecule has 1 aliphatic rings. The number of carbonyl (C=O) groups excluding carboxylic acids is 1. The molecule has 0 unspecified atom stereocenters. The van der Waals surface area contributed by atoms with Crippen molar-refractivity contribution in [3.05, 3.63) is 58.6 Å². The van der Waals surface area contributed by atoms with Crippen LogP contribution >= 0.6 is 11.3 Å². The lowest BCUT2D eigenvalue weighted by Gasteiger charge is -2.25. The number of carbonyl (C=O) groups is 1. The summed E-state index contributed by atoms with van der Waals surface area (Å²) < 4.78 is 13.4. The van der Waals surface area contributed by atoms with Crippen LogP contribution in [0, 0.1) is 5.82 Å². The molecule has 1 amide bonds. The van der Waals surface area contributed by atoms with E-state index >= 15 is 0 Å². The normalized spacial score (nSPS) is 13.9. The van der Waals surface area contributed by atoms with Crippen LogP contribution in [0.3, 0.4) is 0 Å². The molecule has 1 aromatic carbocycles. The quantitative estimate of drug-likeness (QED) is 0.787. The first kappa shape index (κ1) is 14.1. The maximum absolute atomic E-state index is 13.4. The summed E-state index contributed by atoms with van der Waals surface area (Å²) in [7, 11) is 0. The Bertz CT molecular complexity index is 859. The van der Waals surface area contributed by atoms with Crippen LogP contribution in [0.2, 0.25) is 0 Å². The summed E-state index contributed by atoms with van der Waals surface area (Å²) in [5, 5.41) is 7.31. The number of fused-ring (bicyclic) bond motifs is 1. The van der Waals surface area contributed by atoms with E-state index in [9.17, 15) is 9.18 Å². The van der Waals surface area contributed by atoms with Gasteiger partial charge in [0.2, 0.25) is 0 Å². The third kappa shape index (κ3) is 2.63. The fourth-order valence-electron chi connectivity index (χ4n) is 2.66. The van der Waals surface area contributed by atoms with Gasteiger partial charge in [0.25, 0.3) is 5.91 Å². The van der Waals surface area contributed by atoms with Gasteiger partial charge in [0.1, 0.15) is 16.5 Å². The summed E-state index contributed by atoms with van der Waals surface area (Å²) in [6.07, 6.45) is 2.28. The van der Waals surface area contributed by atoms with E-state index in [1.165, 1.54) is 23.5 Å². The second-order valence-electron chi connectivity index (χ2n) is 5.35. The first-order chi connectivity index (χ1) is 11.2. The Morgan fingerprint density at radius 3 is 3.04 bits per heavy atom. The van der Waals surface area contributed by atoms with Crippen LogP contribution in [0.15, 0.2) is 36.5 Å². The van der Waals surface area contributed by atoms with Gasteiger partial charge in [-0.25, -0.2) is 9.37 Å². The fourth-order valence-corrected chi connectivity index (χ4v) is 3.78. The number of hydrogen-bond acceptors (Lipinski definition) is 4. The highest BCUT2D eigenvalue weighted by Gasteiger charge is 2.25. The van der Waals surface area contributed by atoms with Crippen molar-refractivity contribution in [3.63, 3.8) is 0 Å². The van der Waals surface area contributed by atoms with Gasteiger partial charge in [0.05, 0.1) is 12.2 Å². The number of amides is 1. The number of rotatable bonds is 2. The number of hydrogen-bond donors (Lipinski definition) is 1. The van der Waals surface area contributed by atoms with Crippen LogP contribution in [0.5, 0.6) is 0 Å². The minimum absolute atomic E-state index is 0.0612. The third-order valence-corrected chi connectivity index (χ3v) is 4.95. The molecule has 0 saturated carbocycles. The molecule has 0 atom stereocenters. The van der Waals surface area contributed by atoms with Crippen molar-refractivity contribution in [2.24, 2.45) is 0 Å². The number of nitrogens with zero attached hydrogens (tertiary/aromatic N) is 3. The van der Waals surface area contributed by atoms with Gasteiger partial charge in [-0.05, 0) is 18.2 Å². The molecule has 3 aromatic rings. The van der Waals surface area contributed by atoms with Crippen LogP contribution < -0.4 is 0 Å². The number of halogens is 1. The third-order valence-electron chi connectivity index (χ3n) is 3.82. The summed E-state index contributed by atoms with van der Waals surface area (Å²) in [6.45, 7) is 1.15. The van der Waals surface area contributed by atoms with Crippen LogP contribution in [0.25, 0.3) is 10.6 Å². The van der Waals surface area contributed by atoms with Crippen LogP contribution in [-0.2, 0) is 13.0 Å². The molecule has 7 heteroatoms. The molecular weight excluding hydrogens is 315 g/mol. The Kier molecular flexibility index (Phi) is 3.42. The molecule has 0 radical (unpaired) electrons. The zero-order valence-corrected chi connectivity index (χ0v) is 12.9. The SMILES string of the molecule is O=C(c1ccn[nH]1)N1CCc2nc(-c3cccc(F)c3)sc2C1. The molecule has 0 aliphatic carbocycles. The van der Waals surface area contributed by atoms with Crippen molar-refractivity contribution in [1.29, 1.82) is 0 Å². The molecule has 0 spiro atoms. The Hall–Kier alpha value is -2.54. The van der Waals surface area contributed by atoms with Crippen LogP contribution in [0.1, 0.15) is 21.1 Å². The average molecular weight is 328 g/mol. The van der Waals surface area contributed by atoms with Gasteiger partial charge in [-0.2, -0.15) is 5.10 Å². The van der Waals surface area contributed by atoms with Gasteiger partial charge in [0, 0.05) is 29.6 Å². The lowest BCUT2D eigenvalue weighted by molar-refractivity contribution is 0.0730. The van der Waals surface area contributed by atoms with Crippen molar-refractivity contribution in [2.45, 2.75) is 13.0 Å². The van der Waals surface area contributed by atoms with Gasteiger partial charge in [-0.1, -0.05) is 12.1 Å². The van der Waals surface area contributed by atoms with Crippen LogP contribution in [-0.4, -0.2) is 32.5 Å². The lowest BCUT2D eigenvalue weighted by Crippen LogP contribution is -2.35. The van der Waals surface area contributed by atoms with E-state index < -0.39 is 0 Å². The summed E-state index contributed by atoms with van der Waals surface area (Å²) >= 11 is 1.52. The predicted molar refractivity (Wildman–Crippen MR) is 84.5 cm³/mol. The van der Waals surface area contributed by atoms with Gasteiger partial charge in [-0.3, -0.25) is 9.89 Å². The Labute approximate surface area is 135 Å². The topological polar surface area (TPSA) is 61.9 Å². The van der Waals surface area contributed by atoms with Crippen LogP contribution in [0.4, 0.5) is 4.39 Å². The molecule has 5 nitrogen and oxygen atoms in total. The average Bonchev–Trinajstić information content (AvgIpc) is 3.23. The Morgan fingerprint density at radius 1 is 1.35 bits per heavy atom. The van der Waals surface area contributed by atoms with E-state index in [0.717, 1.165) is 21.1 Å². The van der Waals surface area contributed by atoms with E-state index in [1.54, 1.807) is 23.2 Å². The largest absolute Gasteiger partial charge is 0.332 e. The second kappa shape index (κ2) is 5.58. The molecule has 0 saturated heterocycles. The minimum atomic E-state index is -0.272. The predicted octanol–water partition coefficient (Wildman–Crippen LogP) is 2.87. The Morgan fingerprint density at radius 2 is 2.26 bits per heavy atom. The van der Waals surface area contributed by atoms with Crippen molar-refractivity contribution in [1.82, 2.24) is 20.1 Å². The van der Waals surface area contributed by atoms with E-state index in [4.69, 9.17) is 0 Å². The summed E-state index contributed by atoms with van der Waals surface area (Å²) in [4.78, 5) is 19.8. The standard InChI is InChI=1S/C16H13FN4OS/c17-11-3-1-2-10(8-11)15-19-12-5-7-21(9-14(12)23-15)16(22)13-4-6-18-20-13/h1-4,6,8H,5,7,9H2,(H,18,20). The van der Waals surface area contributed by atoms with Crippen molar-refractivity contribution < 1.29 is 9.18 Å². The first-order valence-electron chi connectivity index (χ1n) is 7.24. The van der Waals surface area contributed by atoms with E-state index in [2.05, 4.69) is 15.2 Å². The zero-order valence-electron chi connectivity index (χ0n) is 12.1. The second-order valence-corrected chi connectivity index (χ2v) is 6.43. The molecular formula is C16H13FN4OS. The minimum Gasteiger partial charge on any atom is -0.332 e. The maximum Gasteiger partial charge on any atom is 0.272 e. The Balaban J connectivity index is 1.60.